The predicted molar refractivity (Wildman–Crippen MR) is 403 cm³/mol. The van der Waals surface area contributed by atoms with Gasteiger partial charge in [-0.25, -0.2) is 0 Å². The normalized spacial score (nSPS) is 23.0. The van der Waals surface area contributed by atoms with Gasteiger partial charge in [-0.1, -0.05) is 74.7 Å². The van der Waals surface area contributed by atoms with Crippen LogP contribution in [-0.4, -0.2) is 265 Å². The molecular weight excluding hydrogens is 1100 g/mol. The van der Waals surface area contributed by atoms with Crippen LogP contribution in [0.3, 0.4) is 0 Å². The Kier molecular flexibility index (Phi) is 52.7. The fraction of sp³-hybridized carbons (Fsp3) is 1.00. The first-order valence-corrected chi connectivity index (χ1v) is 38.2. The minimum Gasteiger partial charge on any atom is -0.379 e. The highest BCUT2D eigenvalue weighted by Gasteiger charge is 2.29. The Morgan fingerprint density at radius 2 is 0.602 bits per heavy atom. The van der Waals surface area contributed by atoms with Gasteiger partial charge in [0.1, 0.15) is 0 Å². The van der Waals surface area contributed by atoms with Crippen molar-refractivity contribution in [3.63, 3.8) is 0 Å². The van der Waals surface area contributed by atoms with Crippen molar-refractivity contribution in [1.82, 2.24) is 49.0 Å². The fourth-order valence-electron chi connectivity index (χ4n) is 12.0. The molecule has 8 aliphatic heterocycles. The number of piperidine rings is 1. The Labute approximate surface area is 561 Å². The van der Waals surface area contributed by atoms with E-state index in [2.05, 4.69) is 234 Å². The van der Waals surface area contributed by atoms with E-state index in [0.717, 1.165) is 56.3 Å². The van der Waals surface area contributed by atoms with Gasteiger partial charge in [-0.15, -0.1) is 0 Å². The topological polar surface area (TPSA) is 41.6 Å². The molecule has 0 bridgehead atoms. The van der Waals surface area contributed by atoms with Crippen molar-refractivity contribution in [3.05, 3.63) is 0 Å². The molecule has 8 aliphatic rings. The quantitative estimate of drug-likeness (QED) is 0.270. The Balaban J connectivity index is -0.000000929. The maximum absolute atomic E-state index is 5.25. The molecule has 88 heavy (non-hydrogen) atoms. The number of rotatable bonds is 3. The van der Waals surface area contributed by atoms with E-state index in [4.69, 9.17) is 4.74 Å². The van der Waals surface area contributed by atoms with Gasteiger partial charge in [0.2, 0.25) is 0 Å². The molecule has 1 atom stereocenters. The van der Waals surface area contributed by atoms with Crippen LogP contribution in [-0.2, 0) is 4.74 Å². The van der Waals surface area contributed by atoms with Gasteiger partial charge in [-0.3, -0.25) is 29.4 Å². The zero-order chi connectivity index (χ0) is 67.0. The third kappa shape index (κ3) is 46.1. The summed E-state index contributed by atoms with van der Waals surface area (Å²) in [5.74, 6) is 4.50. The maximum Gasteiger partial charge on any atom is 0.0594 e. The summed E-state index contributed by atoms with van der Waals surface area (Å²) in [4.78, 5) is 25.3. The zero-order valence-corrected chi connectivity index (χ0v) is 65.9. The lowest BCUT2D eigenvalue weighted by atomic mass is 9.95. The lowest BCUT2D eigenvalue weighted by molar-refractivity contribution is -0.00389. The molecule has 0 aliphatic carbocycles. The van der Waals surface area contributed by atoms with Gasteiger partial charge in [0.05, 0.1) is 13.2 Å². The van der Waals surface area contributed by atoms with Crippen molar-refractivity contribution >= 4 is 11.8 Å². The van der Waals surface area contributed by atoms with Gasteiger partial charge in [0, 0.05) is 129 Å². The first-order chi connectivity index (χ1) is 40.5. The minimum atomic E-state index is 0. The summed E-state index contributed by atoms with van der Waals surface area (Å²) in [5, 5.41) is 0. The van der Waals surface area contributed by atoms with Crippen molar-refractivity contribution in [2.24, 2.45) is 11.8 Å². The molecule has 11 nitrogen and oxygen atoms in total. The van der Waals surface area contributed by atoms with E-state index < -0.39 is 0 Å². The standard InChI is InChI=1S/C10H21N.2C9H20N2.3C9H19N.C8H17NO.C8H17NS.2C2H6.CH4/c1-9-5-7-11(8-6-9)10(2,3)4;1-9(2,3)11-7-5-10(4)6-8-11;1-9(2)11-6-4-5-10(3)7-8-11;1-8-5-6-10(7-8)9(2,3)4;2*1-9(2)10-7-5-3-4-6-8-10;2*1-8(2,3)9-4-6-10-7-5-9;2*1-2;/h9H,5-8H2,1-4H3;5-8H2,1-4H3;9H,4-8H2,1-3H3;8H,5-7H2,1-4H3;2*9H,3-8H2,1-2H3;2*4-7H2,1-3H3;2*1-2H3;1H4. The summed E-state index contributed by atoms with van der Waals surface area (Å²) >= 11 is 2.07. The average Bonchev–Trinajstić information content (AvgIpc) is 3.73. The van der Waals surface area contributed by atoms with Crippen LogP contribution in [0.15, 0.2) is 0 Å². The number of morpholine rings is 1. The molecule has 534 valence electrons. The molecular formula is C76H168N10OS. The summed E-state index contributed by atoms with van der Waals surface area (Å²) in [6, 6.07) is 2.25. The predicted octanol–water partition coefficient (Wildman–Crippen LogP) is 16.9. The van der Waals surface area contributed by atoms with Crippen LogP contribution in [0, 0.1) is 11.8 Å². The van der Waals surface area contributed by atoms with Crippen LogP contribution in [0.5, 0.6) is 0 Å². The number of ether oxygens (including phenoxy) is 1. The van der Waals surface area contributed by atoms with Crippen LogP contribution >= 0.6 is 11.8 Å². The fourth-order valence-corrected chi connectivity index (χ4v) is 12.9. The summed E-state index contributed by atoms with van der Waals surface area (Å²) < 4.78 is 5.25. The van der Waals surface area contributed by atoms with Crippen molar-refractivity contribution in [2.75, 3.05) is 170 Å². The highest BCUT2D eigenvalue weighted by molar-refractivity contribution is 7.99. The van der Waals surface area contributed by atoms with E-state index in [1.54, 1.807) is 0 Å². The molecule has 0 radical (unpaired) electrons. The van der Waals surface area contributed by atoms with Crippen molar-refractivity contribution < 1.29 is 4.74 Å². The molecule has 0 amide bonds. The second-order valence-electron chi connectivity index (χ2n) is 32.2. The molecule has 0 N–H and O–H groups in total. The summed E-state index contributed by atoms with van der Waals surface area (Å²) in [5.41, 5.74) is 1.86. The lowest BCUT2D eigenvalue weighted by Crippen LogP contribution is -2.52. The van der Waals surface area contributed by atoms with E-state index in [1.165, 1.54) is 206 Å². The number of hydrogen-bond acceptors (Lipinski definition) is 12. The number of likely N-dealkylation sites (tertiary alicyclic amines) is 4. The van der Waals surface area contributed by atoms with E-state index in [-0.39, 0.29) is 7.43 Å². The largest absolute Gasteiger partial charge is 0.379 e. The van der Waals surface area contributed by atoms with Gasteiger partial charge < -0.3 is 24.3 Å². The van der Waals surface area contributed by atoms with Crippen molar-refractivity contribution in [1.29, 1.82) is 0 Å². The van der Waals surface area contributed by atoms with Gasteiger partial charge in [-0.2, -0.15) is 11.8 Å². The Morgan fingerprint density at radius 1 is 0.318 bits per heavy atom. The van der Waals surface area contributed by atoms with Crippen LogP contribution in [0.2, 0.25) is 0 Å². The Morgan fingerprint density at radius 3 is 0.909 bits per heavy atom. The third-order valence-electron chi connectivity index (χ3n) is 18.7. The zero-order valence-electron chi connectivity index (χ0n) is 65.1. The Hall–Kier alpha value is -0.0900. The molecule has 0 aromatic heterocycles. The summed E-state index contributed by atoms with van der Waals surface area (Å²) in [6.45, 7) is 87.7. The first kappa shape index (κ1) is 92.1. The first-order valence-electron chi connectivity index (χ1n) is 37.0. The number of likely N-dealkylation sites (N-methyl/N-ethyl adjacent to an activating group) is 2. The van der Waals surface area contributed by atoms with Gasteiger partial charge in [-0.05, 0) is 282 Å². The smallest absolute Gasteiger partial charge is 0.0594 e. The summed E-state index contributed by atoms with van der Waals surface area (Å²) in [7, 11) is 4.41. The second-order valence-corrected chi connectivity index (χ2v) is 33.5. The van der Waals surface area contributed by atoms with E-state index >= 15 is 0 Å². The lowest BCUT2D eigenvalue weighted by Gasteiger charge is -2.41. The molecule has 1 unspecified atom stereocenters. The average molecular weight is 1270 g/mol. The van der Waals surface area contributed by atoms with Gasteiger partial charge in [0.25, 0.3) is 0 Å². The van der Waals surface area contributed by atoms with Crippen LogP contribution in [0.1, 0.15) is 271 Å². The van der Waals surface area contributed by atoms with Crippen LogP contribution in [0.4, 0.5) is 0 Å². The van der Waals surface area contributed by atoms with E-state index in [1.807, 2.05) is 27.7 Å². The molecule has 0 aromatic carbocycles. The molecule has 8 fully saturated rings. The molecule has 12 heteroatoms. The van der Waals surface area contributed by atoms with Crippen molar-refractivity contribution in [2.45, 2.75) is 317 Å². The number of nitrogens with zero attached hydrogens (tertiary/aromatic N) is 10. The minimum absolute atomic E-state index is 0. The van der Waals surface area contributed by atoms with Crippen LogP contribution < -0.4 is 0 Å². The molecule has 0 spiro atoms. The summed E-state index contributed by atoms with van der Waals surface area (Å²) in [6.07, 6.45) is 16.9. The van der Waals surface area contributed by atoms with Gasteiger partial charge >= 0.3 is 0 Å². The number of piperazine rings is 1. The molecule has 8 heterocycles. The maximum atomic E-state index is 5.25. The van der Waals surface area contributed by atoms with Crippen molar-refractivity contribution in [3.8, 4) is 0 Å². The number of thioether (sulfide) groups is 1. The molecule has 0 saturated carbocycles. The Bertz CT molecular complexity index is 1400. The molecule has 0 aromatic rings. The molecule has 8 saturated heterocycles. The monoisotopic (exact) mass is 1270 g/mol. The highest BCUT2D eigenvalue weighted by Crippen LogP contribution is 2.25. The second kappa shape index (κ2) is 50.3. The molecule has 8 rings (SSSR count). The SMILES string of the molecule is C.CC.CC.CC(C)(C)N1CCOCC1.CC(C)(C)N1CCSCC1.CC(C)N1CCCCCC1.CC(C)N1CCCCCC1.CC(C)N1CCCN(C)CC1.CC1CCN(C(C)(C)C)C1.CC1CCN(C(C)(C)C)CC1.CN1CCN(C(C)(C)C)CC1. The van der Waals surface area contributed by atoms with Gasteiger partial charge in [0.15, 0.2) is 0 Å². The van der Waals surface area contributed by atoms with E-state index in [9.17, 15) is 0 Å². The number of hydrogen-bond donors (Lipinski definition) is 0. The third-order valence-corrected chi connectivity index (χ3v) is 19.6. The highest BCUT2D eigenvalue weighted by atomic mass is 32.2. The van der Waals surface area contributed by atoms with Crippen LogP contribution in [0.25, 0.3) is 0 Å². The van der Waals surface area contributed by atoms with E-state index in [0.29, 0.717) is 27.7 Å².